The fraction of sp³-hybridized carbons (Fsp3) is 0.211. The molecule has 0 spiro atoms. The highest BCUT2D eigenvalue weighted by atomic mass is 35.5. The van der Waals surface area contributed by atoms with Gasteiger partial charge in [-0.05, 0) is 44.4 Å². The van der Waals surface area contributed by atoms with Gasteiger partial charge in [-0.3, -0.25) is 9.36 Å². The van der Waals surface area contributed by atoms with Gasteiger partial charge in [0.2, 0.25) is 0 Å². The van der Waals surface area contributed by atoms with Gasteiger partial charge in [-0.2, -0.15) is 0 Å². The monoisotopic (exact) mass is 342 g/mol. The summed E-state index contributed by atoms with van der Waals surface area (Å²) in [5.41, 5.74) is 1.37. The maximum atomic E-state index is 12.8. The second-order valence-corrected chi connectivity index (χ2v) is 6.28. The zero-order chi connectivity index (χ0) is 17.1. The number of hydrogen-bond acceptors (Lipinski definition) is 3. The van der Waals surface area contributed by atoms with Crippen LogP contribution >= 0.6 is 11.6 Å². The minimum absolute atomic E-state index is 0.106. The quantitative estimate of drug-likeness (QED) is 0.704. The molecular formula is C19H19ClN2O2. The maximum absolute atomic E-state index is 12.8. The van der Waals surface area contributed by atoms with Gasteiger partial charge in [-0.25, -0.2) is 0 Å². The Bertz CT molecular complexity index is 856. The van der Waals surface area contributed by atoms with Crippen LogP contribution in [0.4, 0.5) is 0 Å². The molecule has 0 N–H and O–H groups in total. The molecule has 0 saturated heterocycles. The lowest BCUT2D eigenvalue weighted by Crippen LogP contribution is -2.19. The Morgan fingerprint density at radius 2 is 1.92 bits per heavy atom. The van der Waals surface area contributed by atoms with Crippen molar-refractivity contribution in [3.63, 3.8) is 0 Å². The van der Waals surface area contributed by atoms with Gasteiger partial charge in [0, 0.05) is 22.5 Å². The number of aromatic nitrogens is 1. The van der Waals surface area contributed by atoms with Crippen LogP contribution in [0, 0.1) is 0 Å². The molecule has 3 aromatic rings. The maximum Gasteiger partial charge on any atom is 0.262 e. The highest BCUT2D eigenvalue weighted by Crippen LogP contribution is 2.31. The van der Waals surface area contributed by atoms with Crippen LogP contribution in [0.5, 0.6) is 5.75 Å². The van der Waals surface area contributed by atoms with E-state index in [0.717, 1.165) is 17.4 Å². The van der Waals surface area contributed by atoms with Crippen molar-refractivity contribution < 1.29 is 9.53 Å². The number of ether oxygens (including phenoxy) is 1. The van der Waals surface area contributed by atoms with Gasteiger partial charge in [0.1, 0.15) is 12.4 Å². The standard InChI is InChI=1S/C19H19ClN2O2/c1-21(2)10-11-24-18-13-22(17-12-15(20)8-9-16(17)18)19(23)14-6-4-3-5-7-14/h3-9,12-13H,10-11H2,1-2H3. The van der Waals surface area contributed by atoms with E-state index < -0.39 is 0 Å². The predicted molar refractivity (Wildman–Crippen MR) is 97.2 cm³/mol. The summed E-state index contributed by atoms with van der Waals surface area (Å²) in [6.45, 7) is 1.35. The first kappa shape index (κ1) is 16.6. The molecule has 0 amide bonds. The summed E-state index contributed by atoms with van der Waals surface area (Å²) < 4.78 is 7.48. The van der Waals surface area contributed by atoms with Gasteiger partial charge < -0.3 is 9.64 Å². The van der Waals surface area contributed by atoms with Gasteiger partial charge in [0.25, 0.3) is 5.91 Å². The van der Waals surface area contributed by atoms with Crippen LogP contribution < -0.4 is 4.74 Å². The summed E-state index contributed by atoms with van der Waals surface area (Å²) in [5.74, 6) is 0.582. The third kappa shape index (κ3) is 3.45. The molecule has 1 heterocycles. The van der Waals surface area contributed by atoms with Crippen LogP contribution in [-0.4, -0.2) is 42.6 Å². The molecule has 5 heteroatoms. The molecule has 0 aliphatic rings. The molecule has 0 atom stereocenters. The fourth-order valence-corrected chi connectivity index (χ4v) is 2.68. The SMILES string of the molecule is CN(C)CCOc1cn(C(=O)c2ccccc2)c2cc(Cl)ccc12. The van der Waals surface area contributed by atoms with Crippen molar-refractivity contribution in [1.82, 2.24) is 9.47 Å². The highest BCUT2D eigenvalue weighted by Gasteiger charge is 2.16. The van der Waals surface area contributed by atoms with Crippen LogP contribution in [0.3, 0.4) is 0 Å². The highest BCUT2D eigenvalue weighted by molar-refractivity contribution is 6.31. The van der Waals surface area contributed by atoms with E-state index in [9.17, 15) is 4.79 Å². The number of rotatable bonds is 5. The number of fused-ring (bicyclic) bond motifs is 1. The number of hydrogen-bond donors (Lipinski definition) is 0. The average molecular weight is 343 g/mol. The zero-order valence-corrected chi connectivity index (χ0v) is 14.5. The van der Waals surface area contributed by atoms with Crippen molar-refractivity contribution >= 4 is 28.4 Å². The summed E-state index contributed by atoms with van der Waals surface area (Å²) in [4.78, 5) is 14.9. The third-order valence-electron chi connectivity index (χ3n) is 3.77. The molecule has 0 fully saturated rings. The van der Waals surface area contributed by atoms with E-state index in [4.69, 9.17) is 16.3 Å². The van der Waals surface area contributed by atoms with Crippen molar-refractivity contribution in [2.75, 3.05) is 27.2 Å². The molecule has 0 aliphatic heterocycles. The largest absolute Gasteiger partial charge is 0.490 e. The van der Waals surface area contributed by atoms with E-state index >= 15 is 0 Å². The molecule has 3 rings (SSSR count). The van der Waals surface area contributed by atoms with Crippen LogP contribution in [-0.2, 0) is 0 Å². The molecule has 0 unspecified atom stereocenters. The number of benzene rings is 2. The molecule has 124 valence electrons. The van der Waals surface area contributed by atoms with Gasteiger partial charge >= 0.3 is 0 Å². The van der Waals surface area contributed by atoms with Crippen molar-refractivity contribution in [2.24, 2.45) is 0 Å². The van der Waals surface area contributed by atoms with Crippen LogP contribution in [0.15, 0.2) is 54.7 Å². The second-order valence-electron chi connectivity index (χ2n) is 5.85. The normalized spacial score (nSPS) is 11.2. The van der Waals surface area contributed by atoms with Crippen molar-refractivity contribution in [2.45, 2.75) is 0 Å². The van der Waals surface area contributed by atoms with Gasteiger partial charge in [-0.15, -0.1) is 0 Å². The first-order chi connectivity index (χ1) is 11.6. The van der Waals surface area contributed by atoms with Crippen molar-refractivity contribution in [3.05, 3.63) is 65.3 Å². The summed E-state index contributed by atoms with van der Waals surface area (Å²) >= 11 is 6.12. The summed E-state index contributed by atoms with van der Waals surface area (Å²) in [7, 11) is 3.98. The van der Waals surface area contributed by atoms with E-state index in [2.05, 4.69) is 0 Å². The Morgan fingerprint density at radius 3 is 2.62 bits per heavy atom. The first-order valence-electron chi connectivity index (χ1n) is 7.74. The van der Waals surface area contributed by atoms with Gasteiger partial charge in [-0.1, -0.05) is 29.8 Å². The summed E-state index contributed by atoms with van der Waals surface area (Å²) in [5, 5.41) is 1.46. The van der Waals surface area contributed by atoms with E-state index in [1.165, 1.54) is 0 Å². The van der Waals surface area contributed by atoms with Gasteiger partial charge in [0.05, 0.1) is 11.7 Å². The van der Waals surface area contributed by atoms with E-state index in [1.807, 2.05) is 43.3 Å². The molecule has 0 aliphatic carbocycles. The number of carbonyl (C=O) groups is 1. The number of likely N-dealkylation sites (N-methyl/N-ethyl adjacent to an activating group) is 1. The van der Waals surface area contributed by atoms with Crippen molar-refractivity contribution in [1.29, 1.82) is 0 Å². The van der Waals surface area contributed by atoms with E-state index in [1.54, 1.807) is 35.0 Å². The lowest BCUT2D eigenvalue weighted by atomic mass is 10.2. The summed E-state index contributed by atoms with van der Waals surface area (Å²) in [6, 6.07) is 14.7. The van der Waals surface area contributed by atoms with Crippen LogP contribution in [0.1, 0.15) is 10.4 Å². The smallest absolute Gasteiger partial charge is 0.262 e. The first-order valence-corrected chi connectivity index (χ1v) is 8.12. The zero-order valence-electron chi connectivity index (χ0n) is 13.7. The Balaban J connectivity index is 2.01. The Hall–Kier alpha value is -2.30. The molecule has 24 heavy (non-hydrogen) atoms. The molecular weight excluding hydrogens is 324 g/mol. The number of halogens is 1. The number of carbonyl (C=O) groups excluding carboxylic acids is 1. The van der Waals surface area contributed by atoms with Crippen LogP contribution in [0.25, 0.3) is 10.9 Å². The third-order valence-corrected chi connectivity index (χ3v) is 4.00. The van der Waals surface area contributed by atoms with E-state index in [0.29, 0.717) is 22.9 Å². The minimum Gasteiger partial charge on any atom is -0.490 e. The molecule has 1 aromatic heterocycles. The van der Waals surface area contributed by atoms with E-state index in [-0.39, 0.29) is 5.91 Å². The number of nitrogens with zero attached hydrogens (tertiary/aromatic N) is 2. The van der Waals surface area contributed by atoms with Crippen LogP contribution in [0.2, 0.25) is 5.02 Å². The fourth-order valence-electron chi connectivity index (χ4n) is 2.51. The Kier molecular flexibility index (Phi) is 4.88. The molecule has 0 radical (unpaired) electrons. The molecule has 2 aromatic carbocycles. The Morgan fingerprint density at radius 1 is 1.17 bits per heavy atom. The van der Waals surface area contributed by atoms with Gasteiger partial charge in [0.15, 0.2) is 0 Å². The summed E-state index contributed by atoms with van der Waals surface area (Å²) in [6.07, 6.45) is 1.74. The lowest BCUT2D eigenvalue weighted by molar-refractivity contribution is 0.0964. The lowest BCUT2D eigenvalue weighted by Gasteiger charge is -2.10. The Labute approximate surface area is 146 Å². The minimum atomic E-state index is -0.106. The average Bonchev–Trinajstić information content (AvgIpc) is 2.92. The topological polar surface area (TPSA) is 34.5 Å². The molecule has 0 saturated carbocycles. The predicted octanol–water partition coefficient (Wildman–Crippen LogP) is 3.92. The molecule has 4 nitrogen and oxygen atoms in total. The van der Waals surface area contributed by atoms with Crippen molar-refractivity contribution in [3.8, 4) is 5.75 Å². The second kappa shape index (κ2) is 7.07. The molecule has 0 bridgehead atoms.